The predicted octanol–water partition coefficient (Wildman–Crippen LogP) is 3.57. The van der Waals surface area contributed by atoms with Crippen LogP contribution in [-0.4, -0.2) is 58.3 Å². The maximum absolute atomic E-state index is 14.8. The summed E-state index contributed by atoms with van der Waals surface area (Å²) in [4.78, 5) is 32.6. The molecule has 2 N–H and O–H groups in total. The third-order valence-electron chi connectivity index (χ3n) is 5.87. The molecule has 2 amide bonds. The van der Waals surface area contributed by atoms with Gasteiger partial charge in [-0.25, -0.2) is 13.8 Å². The summed E-state index contributed by atoms with van der Waals surface area (Å²) in [5.41, 5.74) is 6.23. The van der Waals surface area contributed by atoms with Gasteiger partial charge in [0.15, 0.2) is 5.58 Å². The highest BCUT2D eigenvalue weighted by Gasteiger charge is 2.48. The molecular formula is C24H26F2N4O3. The predicted molar refractivity (Wildman–Crippen MR) is 119 cm³/mol. The lowest BCUT2D eigenvalue weighted by Gasteiger charge is -2.36. The van der Waals surface area contributed by atoms with Gasteiger partial charge in [-0.05, 0) is 43.2 Å². The lowest BCUT2D eigenvalue weighted by atomic mass is 10.1. The van der Waals surface area contributed by atoms with Crippen LogP contribution in [0.5, 0.6) is 0 Å². The summed E-state index contributed by atoms with van der Waals surface area (Å²) in [6.07, 6.45) is 1.38. The van der Waals surface area contributed by atoms with Crippen molar-refractivity contribution >= 4 is 22.9 Å². The molecule has 7 nitrogen and oxygen atoms in total. The average molecular weight is 456 g/mol. The van der Waals surface area contributed by atoms with Crippen LogP contribution >= 0.6 is 0 Å². The molecule has 0 radical (unpaired) electrons. The maximum atomic E-state index is 14.8. The van der Waals surface area contributed by atoms with E-state index >= 15 is 0 Å². The topological polar surface area (TPSA) is 92.7 Å². The lowest BCUT2D eigenvalue weighted by Crippen LogP contribution is -2.55. The summed E-state index contributed by atoms with van der Waals surface area (Å²) in [6.45, 7) is 5.39. The zero-order chi connectivity index (χ0) is 23.8. The van der Waals surface area contributed by atoms with Gasteiger partial charge in [0.2, 0.25) is 11.8 Å². The molecule has 174 valence electrons. The van der Waals surface area contributed by atoms with Crippen molar-refractivity contribution in [2.75, 3.05) is 26.2 Å². The molecule has 9 heteroatoms. The first-order valence-electron chi connectivity index (χ1n) is 11.1. The number of amides is 2. The molecule has 1 aromatic heterocycles. The van der Waals surface area contributed by atoms with E-state index in [0.717, 1.165) is 0 Å². The van der Waals surface area contributed by atoms with Crippen molar-refractivity contribution in [3.8, 4) is 11.5 Å². The van der Waals surface area contributed by atoms with Crippen LogP contribution in [0.4, 0.5) is 8.78 Å². The zero-order valence-corrected chi connectivity index (χ0v) is 18.6. The number of hydrogen-bond donors (Lipinski definition) is 1. The van der Waals surface area contributed by atoms with Crippen molar-refractivity contribution in [3.63, 3.8) is 0 Å². The van der Waals surface area contributed by atoms with Crippen molar-refractivity contribution in [3.05, 3.63) is 53.6 Å². The second-order valence-electron chi connectivity index (χ2n) is 8.07. The van der Waals surface area contributed by atoms with E-state index in [-0.39, 0.29) is 22.9 Å². The summed E-state index contributed by atoms with van der Waals surface area (Å²) in [5, 5.41) is 0. The molecule has 0 atom stereocenters. The van der Waals surface area contributed by atoms with Gasteiger partial charge in [-0.15, -0.1) is 0 Å². The van der Waals surface area contributed by atoms with Crippen molar-refractivity contribution in [2.24, 2.45) is 5.73 Å². The van der Waals surface area contributed by atoms with Crippen LogP contribution in [0.25, 0.3) is 22.6 Å². The molecule has 0 spiro atoms. The number of hydrogen-bond acceptors (Lipinski definition) is 5. The Morgan fingerprint density at radius 2 is 1.67 bits per heavy atom. The van der Waals surface area contributed by atoms with Gasteiger partial charge in [-0.3, -0.25) is 9.59 Å². The van der Waals surface area contributed by atoms with Crippen LogP contribution in [0.1, 0.15) is 37.0 Å². The van der Waals surface area contributed by atoms with Crippen molar-refractivity contribution in [1.82, 2.24) is 14.8 Å². The minimum atomic E-state index is -0.732. The van der Waals surface area contributed by atoms with Crippen molar-refractivity contribution in [2.45, 2.75) is 32.2 Å². The van der Waals surface area contributed by atoms with E-state index in [4.69, 9.17) is 10.2 Å². The van der Waals surface area contributed by atoms with Gasteiger partial charge in [0.25, 0.3) is 5.91 Å². The van der Waals surface area contributed by atoms with Gasteiger partial charge in [0.05, 0.1) is 11.1 Å². The number of carbonyl (C=O) groups is 2. The van der Waals surface area contributed by atoms with Crippen LogP contribution in [0.2, 0.25) is 0 Å². The first-order chi connectivity index (χ1) is 15.8. The SMILES string of the molecule is CC.NC1(C(=O)N2CCN(C(=O)c3ccc(-c4nc5ccc(F)cc5o4)cc3F)CC2)CC1. The molecule has 1 saturated carbocycles. The summed E-state index contributed by atoms with van der Waals surface area (Å²) < 4.78 is 33.6. The molecule has 0 bridgehead atoms. The molecule has 0 unspecified atom stereocenters. The van der Waals surface area contributed by atoms with E-state index in [0.29, 0.717) is 50.1 Å². The Morgan fingerprint density at radius 3 is 2.30 bits per heavy atom. The van der Waals surface area contributed by atoms with E-state index in [1.807, 2.05) is 13.8 Å². The normalized spacial score (nSPS) is 16.9. The average Bonchev–Trinajstić information content (AvgIpc) is 3.45. The third kappa shape index (κ3) is 4.45. The Hall–Kier alpha value is -3.33. The Morgan fingerprint density at radius 1 is 1.00 bits per heavy atom. The second-order valence-corrected chi connectivity index (χ2v) is 8.07. The molecule has 3 aromatic rings. The Labute approximate surface area is 190 Å². The number of benzene rings is 2. The Kier molecular flexibility index (Phi) is 6.16. The minimum absolute atomic E-state index is 0.0665. The number of piperazine rings is 1. The number of halogens is 2. The van der Waals surface area contributed by atoms with Crippen LogP contribution in [0.15, 0.2) is 40.8 Å². The second kappa shape index (κ2) is 8.90. The molecule has 2 heterocycles. The number of nitrogens with zero attached hydrogens (tertiary/aromatic N) is 3. The van der Waals surface area contributed by atoms with Gasteiger partial charge in [-0.1, -0.05) is 13.8 Å². The smallest absolute Gasteiger partial charge is 0.256 e. The van der Waals surface area contributed by atoms with Gasteiger partial charge in [0, 0.05) is 37.8 Å². The van der Waals surface area contributed by atoms with Crippen LogP contribution in [0.3, 0.4) is 0 Å². The molecule has 33 heavy (non-hydrogen) atoms. The Bertz CT molecular complexity index is 1200. The highest BCUT2D eigenvalue weighted by Crippen LogP contribution is 2.34. The highest BCUT2D eigenvalue weighted by atomic mass is 19.1. The van der Waals surface area contributed by atoms with E-state index in [1.165, 1.54) is 35.2 Å². The number of carbonyl (C=O) groups excluding carboxylic acids is 2. The summed E-state index contributed by atoms with van der Waals surface area (Å²) in [5.74, 6) is -1.53. The van der Waals surface area contributed by atoms with Gasteiger partial charge in [-0.2, -0.15) is 0 Å². The Balaban J connectivity index is 0.00000126. The molecule has 1 aliphatic carbocycles. The van der Waals surface area contributed by atoms with E-state index in [9.17, 15) is 18.4 Å². The fraction of sp³-hybridized carbons (Fsp3) is 0.375. The van der Waals surface area contributed by atoms with Crippen molar-refractivity contribution in [1.29, 1.82) is 0 Å². The number of rotatable bonds is 3. The standard InChI is InChI=1S/C22H20F2N4O3.C2H6/c23-14-2-4-17-18(12-14)31-19(26-17)13-1-3-15(16(24)11-13)20(29)27-7-9-28(10-8-27)21(30)22(25)5-6-22;1-2/h1-4,11-12H,5-10,25H2;1-2H3. The van der Waals surface area contributed by atoms with Gasteiger partial charge in [0.1, 0.15) is 17.2 Å². The third-order valence-corrected chi connectivity index (χ3v) is 5.87. The van der Waals surface area contributed by atoms with E-state index in [1.54, 1.807) is 11.0 Å². The van der Waals surface area contributed by atoms with Gasteiger partial charge >= 0.3 is 0 Å². The molecule has 2 fully saturated rings. The number of fused-ring (bicyclic) bond motifs is 1. The highest BCUT2D eigenvalue weighted by molar-refractivity contribution is 5.95. The molecule has 2 aromatic carbocycles. The largest absolute Gasteiger partial charge is 0.436 e. The number of aromatic nitrogens is 1. The number of nitrogens with two attached hydrogens (primary N) is 1. The number of oxazole rings is 1. The lowest BCUT2D eigenvalue weighted by molar-refractivity contribution is -0.135. The van der Waals surface area contributed by atoms with E-state index in [2.05, 4.69) is 4.98 Å². The van der Waals surface area contributed by atoms with Crippen molar-refractivity contribution < 1.29 is 22.8 Å². The monoisotopic (exact) mass is 456 g/mol. The first-order valence-corrected chi connectivity index (χ1v) is 11.1. The van der Waals surface area contributed by atoms with Crippen LogP contribution < -0.4 is 5.73 Å². The first kappa shape index (κ1) is 22.8. The van der Waals surface area contributed by atoms with Crippen LogP contribution in [0, 0.1) is 11.6 Å². The fourth-order valence-corrected chi connectivity index (χ4v) is 3.79. The summed E-state index contributed by atoms with van der Waals surface area (Å²) in [6, 6.07) is 8.06. The maximum Gasteiger partial charge on any atom is 0.256 e. The molecule has 5 rings (SSSR count). The minimum Gasteiger partial charge on any atom is -0.436 e. The van der Waals surface area contributed by atoms with Crippen LogP contribution in [-0.2, 0) is 4.79 Å². The quantitative estimate of drug-likeness (QED) is 0.651. The van der Waals surface area contributed by atoms with E-state index < -0.39 is 23.1 Å². The molecule has 1 aliphatic heterocycles. The molecule has 2 aliphatic rings. The van der Waals surface area contributed by atoms with Gasteiger partial charge < -0.3 is 20.0 Å². The zero-order valence-electron chi connectivity index (χ0n) is 18.6. The summed E-state index contributed by atoms with van der Waals surface area (Å²) >= 11 is 0. The molecular weight excluding hydrogens is 430 g/mol. The molecule has 1 saturated heterocycles. The summed E-state index contributed by atoms with van der Waals surface area (Å²) in [7, 11) is 0. The fourth-order valence-electron chi connectivity index (χ4n) is 3.79.